The van der Waals surface area contributed by atoms with Crippen LogP contribution in [0.25, 0.3) is 10.2 Å². The van der Waals surface area contributed by atoms with E-state index in [2.05, 4.69) is 29.4 Å². The van der Waals surface area contributed by atoms with E-state index < -0.39 is 0 Å². The second kappa shape index (κ2) is 7.60. The first-order valence-corrected chi connectivity index (χ1v) is 10.1. The van der Waals surface area contributed by atoms with Crippen molar-refractivity contribution in [2.75, 3.05) is 11.9 Å². The summed E-state index contributed by atoms with van der Waals surface area (Å²) >= 11 is 2.54. The number of nitrogens with one attached hydrogen (secondary N) is 1. The molecule has 0 unspecified atom stereocenters. The van der Waals surface area contributed by atoms with Gasteiger partial charge in [-0.3, -0.25) is 10.1 Å². The SMILES string of the molecule is CCOc1ccc2nc(NC(=O)c3nnn(Cc4nsnc4C)c3C)sc2c1. The van der Waals surface area contributed by atoms with Crippen molar-refractivity contribution in [1.29, 1.82) is 0 Å². The minimum Gasteiger partial charge on any atom is -0.494 e. The first-order chi connectivity index (χ1) is 13.5. The number of ether oxygens (including phenoxy) is 1. The molecule has 4 aromatic rings. The smallest absolute Gasteiger partial charge is 0.279 e. The average molecular weight is 416 g/mol. The third-order valence-electron chi connectivity index (χ3n) is 4.13. The molecule has 144 valence electrons. The normalized spacial score (nSPS) is 11.1. The van der Waals surface area contributed by atoms with Gasteiger partial charge in [0.1, 0.15) is 5.75 Å². The summed E-state index contributed by atoms with van der Waals surface area (Å²) in [5.74, 6) is 0.433. The Bertz CT molecular complexity index is 1150. The molecule has 3 heterocycles. The molecule has 1 N–H and O–H groups in total. The number of anilines is 1. The molecule has 0 atom stereocenters. The number of hydrogen-bond acceptors (Lipinski definition) is 9. The standard InChI is InChI=1S/C17H17N7O2S2/c1-4-26-11-5-6-12-14(7-11)27-17(18-12)19-16(25)15-10(3)24(23-20-15)8-13-9(2)21-28-22-13/h5-7H,4,8H2,1-3H3,(H,18,19,25). The van der Waals surface area contributed by atoms with Crippen molar-refractivity contribution >= 4 is 44.3 Å². The topological polar surface area (TPSA) is 108 Å². The van der Waals surface area contributed by atoms with Crippen molar-refractivity contribution in [2.24, 2.45) is 0 Å². The van der Waals surface area contributed by atoms with E-state index in [9.17, 15) is 4.79 Å². The van der Waals surface area contributed by atoms with Gasteiger partial charge in [-0.1, -0.05) is 16.6 Å². The number of thiazole rings is 1. The summed E-state index contributed by atoms with van der Waals surface area (Å²) in [5.41, 5.74) is 3.39. The average Bonchev–Trinajstić information content (AvgIpc) is 3.35. The molecule has 0 aliphatic heterocycles. The summed E-state index contributed by atoms with van der Waals surface area (Å²) < 4.78 is 16.5. The largest absolute Gasteiger partial charge is 0.494 e. The van der Waals surface area contributed by atoms with Crippen LogP contribution in [0.4, 0.5) is 5.13 Å². The highest BCUT2D eigenvalue weighted by molar-refractivity contribution is 7.22. The Hall–Kier alpha value is -2.92. The lowest BCUT2D eigenvalue weighted by Crippen LogP contribution is -2.14. The predicted molar refractivity (Wildman–Crippen MR) is 107 cm³/mol. The Kier molecular flexibility index (Phi) is 5.01. The van der Waals surface area contributed by atoms with E-state index in [1.165, 1.54) is 11.3 Å². The Labute approximate surface area is 168 Å². The second-order valence-electron chi connectivity index (χ2n) is 6.01. The molecule has 0 saturated heterocycles. The number of benzene rings is 1. The van der Waals surface area contributed by atoms with Crippen LogP contribution in [0.5, 0.6) is 5.75 Å². The van der Waals surface area contributed by atoms with Crippen molar-refractivity contribution in [3.05, 3.63) is 41.0 Å². The highest BCUT2D eigenvalue weighted by atomic mass is 32.1. The quantitative estimate of drug-likeness (QED) is 0.515. The first-order valence-electron chi connectivity index (χ1n) is 8.58. The molecular weight excluding hydrogens is 398 g/mol. The molecular formula is C17H17N7O2S2. The zero-order valence-corrected chi connectivity index (χ0v) is 17.1. The fourth-order valence-corrected chi connectivity index (χ4v) is 4.07. The van der Waals surface area contributed by atoms with Gasteiger partial charge in [0.05, 0.1) is 52.2 Å². The number of rotatable bonds is 6. The summed E-state index contributed by atoms with van der Waals surface area (Å²) in [6.07, 6.45) is 0. The molecule has 0 saturated carbocycles. The first kappa shape index (κ1) is 18.4. The van der Waals surface area contributed by atoms with Crippen LogP contribution in [0, 0.1) is 13.8 Å². The Morgan fingerprint density at radius 3 is 2.89 bits per heavy atom. The third kappa shape index (κ3) is 3.58. The lowest BCUT2D eigenvalue weighted by Gasteiger charge is -2.02. The third-order valence-corrected chi connectivity index (χ3v) is 5.73. The van der Waals surface area contributed by atoms with Gasteiger partial charge < -0.3 is 4.74 Å². The Morgan fingerprint density at radius 2 is 2.14 bits per heavy atom. The fourth-order valence-electron chi connectivity index (χ4n) is 2.63. The molecule has 0 radical (unpaired) electrons. The van der Waals surface area contributed by atoms with E-state index in [0.717, 1.165) is 39.1 Å². The van der Waals surface area contributed by atoms with Gasteiger partial charge in [0.2, 0.25) is 0 Å². The number of nitrogens with zero attached hydrogens (tertiary/aromatic N) is 6. The molecule has 0 bridgehead atoms. The van der Waals surface area contributed by atoms with Crippen LogP contribution in [-0.4, -0.2) is 41.2 Å². The van der Waals surface area contributed by atoms with Crippen LogP contribution in [0.3, 0.4) is 0 Å². The van der Waals surface area contributed by atoms with Crippen molar-refractivity contribution in [1.82, 2.24) is 28.7 Å². The number of aryl methyl sites for hydroxylation is 1. The summed E-state index contributed by atoms with van der Waals surface area (Å²) in [4.78, 5) is 17.1. The molecule has 4 rings (SSSR count). The summed E-state index contributed by atoms with van der Waals surface area (Å²) in [7, 11) is 0. The summed E-state index contributed by atoms with van der Waals surface area (Å²) in [5, 5.41) is 11.4. The molecule has 9 nitrogen and oxygen atoms in total. The molecule has 0 aliphatic carbocycles. The van der Waals surface area contributed by atoms with Crippen LogP contribution in [-0.2, 0) is 6.54 Å². The molecule has 3 aromatic heterocycles. The lowest BCUT2D eigenvalue weighted by atomic mass is 10.3. The van der Waals surface area contributed by atoms with Gasteiger partial charge in [0.25, 0.3) is 5.91 Å². The maximum absolute atomic E-state index is 12.7. The van der Waals surface area contributed by atoms with Gasteiger partial charge in [0.15, 0.2) is 10.8 Å². The molecule has 0 spiro atoms. The monoisotopic (exact) mass is 415 g/mol. The summed E-state index contributed by atoms with van der Waals surface area (Å²) in [6, 6.07) is 5.65. The van der Waals surface area contributed by atoms with E-state index in [1.54, 1.807) is 11.6 Å². The van der Waals surface area contributed by atoms with Crippen molar-refractivity contribution < 1.29 is 9.53 Å². The minimum absolute atomic E-state index is 0.259. The lowest BCUT2D eigenvalue weighted by molar-refractivity contribution is 0.102. The van der Waals surface area contributed by atoms with Gasteiger partial charge in [-0.05, 0) is 39.0 Å². The number of aromatic nitrogens is 6. The van der Waals surface area contributed by atoms with Crippen molar-refractivity contribution in [3.8, 4) is 5.75 Å². The van der Waals surface area contributed by atoms with Gasteiger partial charge >= 0.3 is 0 Å². The number of amides is 1. The number of carbonyl (C=O) groups is 1. The van der Waals surface area contributed by atoms with Crippen LogP contribution < -0.4 is 10.1 Å². The maximum Gasteiger partial charge on any atom is 0.279 e. The molecule has 11 heteroatoms. The zero-order chi connectivity index (χ0) is 19.7. The maximum atomic E-state index is 12.7. The number of hydrogen-bond donors (Lipinski definition) is 1. The minimum atomic E-state index is -0.346. The fraction of sp³-hybridized carbons (Fsp3) is 0.294. The van der Waals surface area contributed by atoms with E-state index in [-0.39, 0.29) is 11.6 Å². The molecule has 1 amide bonds. The second-order valence-corrected chi connectivity index (χ2v) is 7.57. The van der Waals surface area contributed by atoms with Crippen molar-refractivity contribution in [3.63, 3.8) is 0 Å². The Balaban J connectivity index is 1.52. The molecule has 0 aliphatic rings. The van der Waals surface area contributed by atoms with Gasteiger partial charge in [-0.2, -0.15) is 8.75 Å². The van der Waals surface area contributed by atoms with E-state index in [0.29, 0.717) is 24.0 Å². The van der Waals surface area contributed by atoms with E-state index in [4.69, 9.17) is 4.74 Å². The molecule has 28 heavy (non-hydrogen) atoms. The zero-order valence-electron chi connectivity index (χ0n) is 15.5. The van der Waals surface area contributed by atoms with Crippen LogP contribution in [0.2, 0.25) is 0 Å². The van der Waals surface area contributed by atoms with Gasteiger partial charge in [0, 0.05) is 0 Å². The van der Waals surface area contributed by atoms with Crippen molar-refractivity contribution in [2.45, 2.75) is 27.3 Å². The highest BCUT2D eigenvalue weighted by Gasteiger charge is 2.19. The number of fused-ring (bicyclic) bond motifs is 1. The molecule has 0 fully saturated rings. The highest BCUT2D eigenvalue weighted by Crippen LogP contribution is 2.29. The van der Waals surface area contributed by atoms with E-state index in [1.807, 2.05) is 32.0 Å². The van der Waals surface area contributed by atoms with Crippen LogP contribution >= 0.6 is 23.1 Å². The summed E-state index contributed by atoms with van der Waals surface area (Å²) in [6.45, 7) is 6.65. The van der Waals surface area contributed by atoms with Crippen LogP contribution in [0.1, 0.15) is 34.5 Å². The van der Waals surface area contributed by atoms with Gasteiger partial charge in [-0.25, -0.2) is 9.67 Å². The van der Waals surface area contributed by atoms with Gasteiger partial charge in [-0.15, -0.1) is 5.10 Å². The predicted octanol–water partition coefficient (Wildman–Crippen LogP) is 3.06. The van der Waals surface area contributed by atoms with Crippen LogP contribution in [0.15, 0.2) is 18.2 Å². The number of carbonyl (C=O) groups excluding carboxylic acids is 1. The van der Waals surface area contributed by atoms with E-state index >= 15 is 0 Å². The Morgan fingerprint density at radius 1 is 1.29 bits per heavy atom. The molecule has 1 aromatic carbocycles.